The van der Waals surface area contributed by atoms with E-state index in [9.17, 15) is 9.18 Å². The number of nitrogens with one attached hydrogen (secondary N) is 1. The number of aromatic nitrogens is 2. The first-order chi connectivity index (χ1) is 11.5. The average molecular weight is 330 g/mol. The largest absolute Gasteiger partial charge is 0.342 e. The van der Waals surface area contributed by atoms with Gasteiger partial charge in [-0.25, -0.2) is 9.37 Å². The number of aryl methyl sites for hydroxylation is 1. The molecule has 3 rings (SSSR count). The molecule has 6 heteroatoms. The third-order valence-corrected chi connectivity index (χ3v) is 4.77. The summed E-state index contributed by atoms with van der Waals surface area (Å²) in [6, 6.07) is 5.87. The Morgan fingerprint density at radius 1 is 1.50 bits per heavy atom. The second kappa shape index (κ2) is 7.13. The van der Waals surface area contributed by atoms with Gasteiger partial charge in [0.2, 0.25) is 5.91 Å². The summed E-state index contributed by atoms with van der Waals surface area (Å²) < 4.78 is 15.5. The molecule has 0 radical (unpaired) electrons. The number of nitrogens with zero attached hydrogens (tertiary/aromatic N) is 2. The summed E-state index contributed by atoms with van der Waals surface area (Å²) in [5.74, 6) is 0.484. The minimum Gasteiger partial charge on any atom is -0.342 e. The van der Waals surface area contributed by atoms with Crippen LogP contribution in [0.1, 0.15) is 43.1 Å². The van der Waals surface area contributed by atoms with Gasteiger partial charge in [0.1, 0.15) is 17.7 Å². The third kappa shape index (κ3) is 3.64. The molecule has 1 heterocycles. The van der Waals surface area contributed by atoms with Crippen LogP contribution in [0.3, 0.4) is 0 Å². The van der Waals surface area contributed by atoms with Gasteiger partial charge in [0, 0.05) is 31.9 Å². The van der Waals surface area contributed by atoms with Crippen molar-refractivity contribution < 1.29 is 9.18 Å². The molecule has 3 N–H and O–H groups in total. The topological polar surface area (TPSA) is 72.9 Å². The number of hydrogen-bond donors (Lipinski definition) is 2. The molecule has 24 heavy (non-hydrogen) atoms. The number of benzene rings is 1. The lowest BCUT2D eigenvalue weighted by Crippen LogP contribution is -2.35. The van der Waals surface area contributed by atoms with Crippen LogP contribution in [0.5, 0.6) is 0 Å². The molecule has 0 saturated heterocycles. The number of nitrogens with two attached hydrogens (primary N) is 1. The second-order valence-corrected chi connectivity index (χ2v) is 6.51. The number of rotatable bonds is 5. The summed E-state index contributed by atoms with van der Waals surface area (Å²) in [6.45, 7) is 0. The summed E-state index contributed by atoms with van der Waals surface area (Å²) in [4.78, 5) is 16.8. The molecule has 1 saturated carbocycles. The Balaban J connectivity index is 1.80. The van der Waals surface area contributed by atoms with E-state index in [1.165, 1.54) is 12.1 Å². The second-order valence-electron chi connectivity index (χ2n) is 6.51. The van der Waals surface area contributed by atoms with Crippen LogP contribution in [-0.2, 0) is 11.8 Å². The van der Waals surface area contributed by atoms with Crippen molar-refractivity contribution in [2.45, 2.75) is 37.8 Å². The van der Waals surface area contributed by atoms with E-state index >= 15 is 0 Å². The normalized spacial score (nSPS) is 21.6. The fourth-order valence-electron chi connectivity index (χ4n) is 3.42. The molecule has 1 aromatic carbocycles. The minimum absolute atomic E-state index is 0.0744. The number of carbonyl (C=O) groups excluding carboxylic acids is 1. The maximum atomic E-state index is 13.6. The summed E-state index contributed by atoms with van der Waals surface area (Å²) >= 11 is 0. The van der Waals surface area contributed by atoms with Crippen LogP contribution in [0.4, 0.5) is 4.39 Å². The van der Waals surface area contributed by atoms with Gasteiger partial charge in [-0.2, -0.15) is 0 Å². The molecule has 0 aliphatic heterocycles. The first-order valence-electron chi connectivity index (χ1n) is 8.32. The lowest BCUT2D eigenvalue weighted by molar-refractivity contribution is -0.122. The molecule has 1 aliphatic rings. The zero-order valence-electron chi connectivity index (χ0n) is 13.8. The van der Waals surface area contributed by atoms with Crippen molar-refractivity contribution in [3.05, 3.63) is 53.9 Å². The van der Waals surface area contributed by atoms with E-state index in [-0.39, 0.29) is 23.7 Å². The van der Waals surface area contributed by atoms with Gasteiger partial charge in [-0.05, 0) is 36.5 Å². The predicted molar refractivity (Wildman–Crippen MR) is 89.5 cm³/mol. The van der Waals surface area contributed by atoms with Crippen LogP contribution in [0.2, 0.25) is 0 Å². The van der Waals surface area contributed by atoms with Gasteiger partial charge >= 0.3 is 0 Å². The van der Waals surface area contributed by atoms with Crippen molar-refractivity contribution in [2.24, 2.45) is 18.7 Å². The van der Waals surface area contributed by atoms with Crippen LogP contribution >= 0.6 is 0 Å². The zero-order valence-corrected chi connectivity index (χ0v) is 13.8. The van der Waals surface area contributed by atoms with Gasteiger partial charge in [-0.1, -0.05) is 18.6 Å². The molecule has 1 aliphatic carbocycles. The summed E-state index contributed by atoms with van der Waals surface area (Å²) in [5.41, 5.74) is 6.74. The maximum Gasteiger partial charge on any atom is 0.221 e. The van der Waals surface area contributed by atoms with E-state index in [0.29, 0.717) is 17.8 Å². The van der Waals surface area contributed by atoms with Gasteiger partial charge < -0.3 is 15.6 Å². The molecule has 2 aromatic rings. The maximum absolute atomic E-state index is 13.6. The number of hydrogen-bond acceptors (Lipinski definition) is 3. The van der Waals surface area contributed by atoms with E-state index in [4.69, 9.17) is 5.73 Å². The van der Waals surface area contributed by atoms with Crippen molar-refractivity contribution in [3.8, 4) is 0 Å². The summed E-state index contributed by atoms with van der Waals surface area (Å²) in [6.07, 6.45) is 6.91. The average Bonchev–Trinajstić information content (AvgIpc) is 3.14. The third-order valence-electron chi connectivity index (χ3n) is 4.77. The van der Waals surface area contributed by atoms with Crippen LogP contribution in [0.25, 0.3) is 0 Å². The standard InChI is InChI=1S/C18H23FN4O/c1-23-9-8-21-18(23)17(13-5-2-6-14(19)10-13)22-16(24)11-12-4-3-7-15(12)20/h2,5-6,8-10,12,15,17H,3-4,7,11,20H2,1H3,(H,22,24)/t12-,15+,17?/m0/s1. The fraction of sp³-hybridized carbons (Fsp3) is 0.444. The van der Waals surface area contributed by atoms with E-state index < -0.39 is 6.04 Å². The van der Waals surface area contributed by atoms with E-state index in [0.717, 1.165) is 19.3 Å². The minimum atomic E-state index is -0.481. The van der Waals surface area contributed by atoms with Crippen molar-refractivity contribution in [3.63, 3.8) is 0 Å². The molecular weight excluding hydrogens is 307 g/mol. The first kappa shape index (κ1) is 16.6. The predicted octanol–water partition coefficient (Wildman–Crippen LogP) is 2.28. The molecule has 5 nitrogen and oxygen atoms in total. The molecule has 1 amide bonds. The number of imidazole rings is 1. The molecule has 1 fully saturated rings. The van der Waals surface area contributed by atoms with Crippen molar-refractivity contribution in [2.75, 3.05) is 0 Å². The van der Waals surface area contributed by atoms with Crippen LogP contribution in [0, 0.1) is 11.7 Å². The molecule has 0 spiro atoms. The number of amides is 1. The van der Waals surface area contributed by atoms with Gasteiger partial charge in [0.05, 0.1) is 0 Å². The Hall–Kier alpha value is -2.21. The molecule has 128 valence electrons. The van der Waals surface area contributed by atoms with Gasteiger partial charge in [0.25, 0.3) is 0 Å². The molecule has 0 bridgehead atoms. The monoisotopic (exact) mass is 330 g/mol. The SMILES string of the molecule is Cn1ccnc1C(NC(=O)C[C@@H]1CCC[C@H]1N)c1cccc(F)c1. The summed E-state index contributed by atoms with van der Waals surface area (Å²) in [7, 11) is 1.85. The Kier molecular flexibility index (Phi) is 4.94. The van der Waals surface area contributed by atoms with Gasteiger partial charge in [0.15, 0.2) is 0 Å². The highest BCUT2D eigenvalue weighted by molar-refractivity contribution is 5.77. The highest BCUT2D eigenvalue weighted by Crippen LogP contribution is 2.28. The molecule has 3 atom stereocenters. The van der Waals surface area contributed by atoms with Crippen LogP contribution < -0.4 is 11.1 Å². The van der Waals surface area contributed by atoms with Crippen molar-refractivity contribution in [1.82, 2.24) is 14.9 Å². The van der Waals surface area contributed by atoms with Crippen LogP contribution in [0.15, 0.2) is 36.7 Å². The molecule has 1 unspecified atom stereocenters. The lowest BCUT2D eigenvalue weighted by atomic mass is 9.99. The van der Waals surface area contributed by atoms with E-state index in [2.05, 4.69) is 10.3 Å². The van der Waals surface area contributed by atoms with Gasteiger partial charge in [-0.15, -0.1) is 0 Å². The number of carbonyl (C=O) groups is 1. The van der Waals surface area contributed by atoms with Gasteiger partial charge in [-0.3, -0.25) is 4.79 Å². The molecular formula is C18H23FN4O. The van der Waals surface area contributed by atoms with Crippen molar-refractivity contribution in [1.29, 1.82) is 0 Å². The Labute approximate surface area is 141 Å². The van der Waals surface area contributed by atoms with Crippen LogP contribution in [-0.4, -0.2) is 21.5 Å². The lowest BCUT2D eigenvalue weighted by Gasteiger charge is -2.21. The van der Waals surface area contributed by atoms with E-state index in [1.807, 2.05) is 11.6 Å². The zero-order chi connectivity index (χ0) is 17.1. The first-order valence-corrected chi connectivity index (χ1v) is 8.32. The highest BCUT2D eigenvalue weighted by Gasteiger charge is 2.28. The Bertz CT molecular complexity index is 715. The summed E-state index contributed by atoms with van der Waals surface area (Å²) in [5, 5.41) is 3.01. The smallest absolute Gasteiger partial charge is 0.221 e. The quantitative estimate of drug-likeness (QED) is 0.883. The fourth-order valence-corrected chi connectivity index (χ4v) is 3.42. The highest BCUT2D eigenvalue weighted by atomic mass is 19.1. The van der Waals surface area contributed by atoms with E-state index in [1.54, 1.807) is 24.5 Å². The Morgan fingerprint density at radius 2 is 2.33 bits per heavy atom. The molecule has 1 aromatic heterocycles. The number of halogens is 1. The van der Waals surface area contributed by atoms with Crippen molar-refractivity contribution >= 4 is 5.91 Å². The Morgan fingerprint density at radius 3 is 2.96 bits per heavy atom.